The van der Waals surface area contributed by atoms with Gasteiger partial charge in [-0.15, -0.1) is 0 Å². The fourth-order valence-electron chi connectivity index (χ4n) is 3.50. The fraction of sp³-hybridized carbons (Fsp3) is 1.00. The Kier molecular flexibility index (Phi) is 23.4. The van der Waals surface area contributed by atoms with E-state index in [1.165, 1.54) is 64.7 Å². The van der Waals surface area contributed by atoms with E-state index in [1.54, 1.807) is 0 Å². The molecule has 2 atom stereocenters. The molecule has 0 aliphatic heterocycles. The van der Waals surface area contributed by atoms with E-state index in [2.05, 4.69) is 6.92 Å². The molecular weight excluding hydrogens is 383 g/mol. The van der Waals surface area contributed by atoms with Crippen LogP contribution in [0.3, 0.4) is 0 Å². The van der Waals surface area contributed by atoms with Gasteiger partial charge in [-0.05, 0) is 26.2 Å². The molecule has 0 fully saturated rings. The van der Waals surface area contributed by atoms with Crippen LogP contribution in [0.1, 0.15) is 129 Å². The van der Waals surface area contributed by atoms with Crippen LogP contribution in [0.25, 0.3) is 0 Å². The van der Waals surface area contributed by atoms with Gasteiger partial charge in [0.1, 0.15) is 0 Å². The van der Waals surface area contributed by atoms with Crippen molar-refractivity contribution in [1.82, 2.24) is 0 Å². The van der Waals surface area contributed by atoms with E-state index < -0.39 is 15.4 Å². The van der Waals surface area contributed by atoms with Crippen LogP contribution in [0.2, 0.25) is 0 Å². The Balaban J connectivity index is 0. The number of aliphatic hydroxyl groups excluding tert-OH is 1. The van der Waals surface area contributed by atoms with Crippen LogP contribution in [-0.2, 0) is 10.1 Å². The molecule has 0 aliphatic carbocycles. The Morgan fingerprint density at radius 1 is 0.679 bits per heavy atom. The normalized spacial score (nSPS) is 13.9. The van der Waals surface area contributed by atoms with Gasteiger partial charge >= 0.3 is 29.6 Å². The number of unbranched alkanes of at least 4 members (excludes halogenated alkanes) is 13. The maximum Gasteiger partial charge on any atom is 1.00 e. The molecular formula is C22H45NaO4S. The van der Waals surface area contributed by atoms with Crippen molar-refractivity contribution in [3.63, 3.8) is 0 Å². The Labute approximate surface area is 197 Å². The average molecular weight is 429 g/mol. The minimum Gasteiger partial charge on any atom is -0.748 e. The average Bonchev–Trinajstić information content (AvgIpc) is 2.61. The number of hydrogen-bond donors (Lipinski definition) is 1. The second-order valence-corrected chi connectivity index (χ2v) is 10.1. The van der Waals surface area contributed by atoms with E-state index in [4.69, 9.17) is 0 Å². The third-order valence-corrected chi connectivity index (χ3v) is 6.75. The molecule has 0 aromatic heterocycles. The summed E-state index contributed by atoms with van der Waals surface area (Å²) in [7, 11) is -4.10. The molecule has 0 bridgehead atoms. The maximum atomic E-state index is 10.8. The molecule has 2 unspecified atom stereocenters. The molecule has 0 rings (SSSR count). The van der Waals surface area contributed by atoms with Crippen LogP contribution in [0, 0.1) is 0 Å². The fourth-order valence-corrected chi connectivity index (χ4v) is 3.95. The molecule has 28 heavy (non-hydrogen) atoms. The molecule has 0 saturated carbocycles. The third-order valence-electron chi connectivity index (χ3n) is 5.53. The summed E-state index contributed by atoms with van der Waals surface area (Å²) in [6, 6.07) is 0. The van der Waals surface area contributed by atoms with Crippen molar-refractivity contribution in [2.24, 2.45) is 0 Å². The molecule has 1 N–H and O–H groups in total. The summed E-state index contributed by atoms with van der Waals surface area (Å²) in [6.45, 7) is 3.75. The van der Waals surface area contributed by atoms with Crippen LogP contribution in [-0.4, -0.2) is 29.4 Å². The topological polar surface area (TPSA) is 77.4 Å². The van der Waals surface area contributed by atoms with Crippen LogP contribution in [0.4, 0.5) is 0 Å². The van der Waals surface area contributed by atoms with Gasteiger partial charge in [-0.1, -0.05) is 103 Å². The predicted molar refractivity (Wildman–Crippen MR) is 114 cm³/mol. The Hall–Kier alpha value is 0.870. The molecule has 4 nitrogen and oxygen atoms in total. The summed E-state index contributed by atoms with van der Waals surface area (Å²) < 4.78 is 32.4. The first-order chi connectivity index (χ1) is 12.9. The van der Waals surface area contributed by atoms with Gasteiger partial charge in [-0.2, -0.15) is 0 Å². The van der Waals surface area contributed by atoms with E-state index in [0.29, 0.717) is 6.42 Å². The largest absolute Gasteiger partial charge is 1.00 e. The monoisotopic (exact) mass is 428 g/mol. The van der Waals surface area contributed by atoms with Crippen LogP contribution < -0.4 is 29.6 Å². The standard InChI is InChI=1S/C22H46O4S.Na/c1-3-4-5-6-7-10-13-16-19-22(23)20-17-14-11-8-9-12-15-18-21(2)27(24,25)26;/h21-23H,3-20H2,1-2H3,(H,24,25,26);/q;+1/p-1. The number of rotatable bonds is 20. The van der Waals surface area contributed by atoms with Gasteiger partial charge in [0.2, 0.25) is 0 Å². The van der Waals surface area contributed by atoms with Gasteiger partial charge < -0.3 is 9.66 Å². The van der Waals surface area contributed by atoms with Gasteiger partial charge in [-0.25, -0.2) is 8.42 Å². The zero-order valence-electron chi connectivity index (χ0n) is 19.0. The molecule has 0 amide bonds. The van der Waals surface area contributed by atoms with Crippen molar-refractivity contribution in [2.45, 2.75) is 141 Å². The molecule has 0 heterocycles. The molecule has 0 aromatic rings. The number of aliphatic hydroxyl groups is 1. The zero-order valence-corrected chi connectivity index (χ0v) is 21.8. The van der Waals surface area contributed by atoms with Gasteiger partial charge in [0.25, 0.3) is 0 Å². The van der Waals surface area contributed by atoms with Crippen LogP contribution in [0.5, 0.6) is 0 Å². The molecule has 0 radical (unpaired) electrons. The smallest absolute Gasteiger partial charge is 0.748 e. The molecule has 0 aliphatic rings. The van der Waals surface area contributed by atoms with Crippen molar-refractivity contribution in [1.29, 1.82) is 0 Å². The van der Waals surface area contributed by atoms with Crippen molar-refractivity contribution >= 4 is 10.1 Å². The molecule has 0 spiro atoms. The number of hydrogen-bond acceptors (Lipinski definition) is 4. The SMILES string of the molecule is CCCCCCCCCCC(O)CCCCCCCCCC(C)S(=O)(=O)[O-].[Na+]. The minimum absolute atomic E-state index is 0. The second kappa shape index (κ2) is 21.1. The summed E-state index contributed by atoms with van der Waals surface area (Å²) in [5, 5.41) is 9.29. The van der Waals surface area contributed by atoms with E-state index in [0.717, 1.165) is 51.4 Å². The van der Waals surface area contributed by atoms with Crippen molar-refractivity contribution in [2.75, 3.05) is 0 Å². The molecule has 6 heteroatoms. The van der Waals surface area contributed by atoms with Gasteiger partial charge in [0.05, 0.1) is 16.2 Å². The summed E-state index contributed by atoms with van der Waals surface area (Å²) in [4.78, 5) is 0. The predicted octanol–water partition coefficient (Wildman–Crippen LogP) is 3.33. The minimum atomic E-state index is -4.10. The van der Waals surface area contributed by atoms with Crippen molar-refractivity contribution in [3.8, 4) is 0 Å². The van der Waals surface area contributed by atoms with Crippen molar-refractivity contribution in [3.05, 3.63) is 0 Å². The van der Waals surface area contributed by atoms with E-state index >= 15 is 0 Å². The first-order valence-electron chi connectivity index (χ1n) is 11.5. The Bertz CT molecular complexity index is 415. The zero-order chi connectivity index (χ0) is 20.4. The third kappa shape index (κ3) is 21.6. The summed E-state index contributed by atoms with van der Waals surface area (Å²) >= 11 is 0. The van der Waals surface area contributed by atoms with E-state index in [-0.39, 0.29) is 35.7 Å². The Morgan fingerprint density at radius 2 is 1.00 bits per heavy atom. The Morgan fingerprint density at radius 3 is 1.36 bits per heavy atom. The van der Waals surface area contributed by atoms with Crippen LogP contribution in [0.15, 0.2) is 0 Å². The summed E-state index contributed by atoms with van der Waals surface area (Å²) in [5.74, 6) is 0. The molecule has 164 valence electrons. The van der Waals surface area contributed by atoms with Gasteiger partial charge in [0.15, 0.2) is 0 Å². The summed E-state index contributed by atoms with van der Waals surface area (Å²) in [5.41, 5.74) is 0. The van der Waals surface area contributed by atoms with E-state index in [1.807, 2.05) is 0 Å². The molecule has 0 saturated heterocycles. The second-order valence-electron chi connectivity index (χ2n) is 8.27. The molecule has 0 aromatic carbocycles. The van der Waals surface area contributed by atoms with Crippen molar-refractivity contribution < 1.29 is 47.6 Å². The quantitative estimate of drug-likeness (QED) is 0.183. The summed E-state index contributed by atoms with van der Waals surface area (Å²) in [6.07, 6.45) is 20.3. The van der Waals surface area contributed by atoms with Gasteiger partial charge in [-0.3, -0.25) is 0 Å². The maximum absolute atomic E-state index is 10.8. The van der Waals surface area contributed by atoms with Gasteiger partial charge in [0, 0.05) is 5.25 Å². The first kappa shape index (κ1) is 31.1. The first-order valence-corrected chi connectivity index (χ1v) is 13.0. The van der Waals surface area contributed by atoms with Crippen LogP contribution >= 0.6 is 0 Å². The van der Waals surface area contributed by atoms with E-state index in [9.17, 15) is 18.1 Å².